The molecule has 0 amide bonds. The van der Waals surface area contributed by atoms with Gasteiger partial charge in [0.15, 0.2) is 0 Å². The van der Waals surface area contributed by atoms with Crippen molar-refractivity contribution in [2.24, 2.45) is 0 Å². The lowest BCUT2D eigenvalue weighted by Crippen LogP contribution is -2.05. The first-order chi connectivity index (χ1) is 8.75. The maximum absolute atomic E-state index is 6.10. The number of hydrogen-bond donors (Lipinski definition) is 1. The predicted octanol–water partition coefficient (Wildman–Crippen LogP) is 2.97. The zero-order valence-electron chi connectivity index (χ0n) is 9.51. The van der Waals surface area contributed by atoms with Crippen LogP contribution in [-0.4, -0.2) is 14.5 Å². The Bertz CT molecular complexity index is 675. The molecule has 2 N–H and O–H groups in total. The van der Waals surface area contributed by atoms with Crippen molar-refractivity contribution in [3.05, 3.63) is 39.8 Å². The number of aryl methyl sites for hydroxylation is 2. The second-order valence-electron chi connectivity index (χ2n) is 3.91. The fourth-order valence-corrected chi connectivity index (χ4v) is 2.77. The lowest BCUT2D eigenvalue weighted by atomic mass is 10.3. The molecule has 0 aliphatic rings. The van der Waals surface area contributed by atoms with Gasteiger partial charge in [0.2, 0.25) is 5.95 Å². The molecule has 2 heterocycles. The van der Waals surface area contributed by atoms with Crippen molar-refractivity contribution >= 4 is 39.9 Å². The highest BCUT2D eigenvalue weighted by Crippen LogP contribution is 2.25. The number of thiazole rings is 1. The molecule has 0 saturated heterocycles. The van der Waals surface area contributed by atoms with Crippen LogP contribution < -0.4 is 5.73 Å². The highest BCUT2D eigenvalue weighted by Gasteiger charge is 2.10. The number of hydrogen-bond acceptors (Lipinski definition) is 4. The molecule has 92 valence electrons. The van der Waals surface area contributed by atoms with Crippen LogP contribution in [0.5, 0.6) is 0 Å². The molecule has 0 spiro atoms. The quantitative estimate of drug-likeness (QED) is 0.801. The highest BCUT2D eigenvalue weighted by molar-refractivity contribution is 7.09. The van der Waals surface area contributed by atoms with E-state index in [1.807, 2.05) is 34.3 Å². The number of nitrogens with zero attached hydrogens (tertiary/aromatic N) is 3. The van der Waals surface area contributed by atoms with E-state index in [1.54, 1.807) is 11.3 Å². The minimum absolute atomic E-state index is 0.495. The van der Waals surface area contributed by atoms with Gasteiger partial charge in [0, 0.05) is 24.5 Å². The van der Waals surface area contributed by atoms with Gasteiger partial charge in [-0.15, -0.1) is 11.3 Å². The largest absolute Gasteiger partial charge is 0.369 e. The van der Waals surface area contributed by atoms with Crippen LogP contribution in [0, 0.1) is 0 Å². The first kappa shape index (κ1) is 11.5. The van der Waals surface area contributed by atoms with Gasteiger partial charge in [-0.2, -0.15) is 0 Å². The summed E-state index contributed by atoms with van der Waals surface area (Å²) in [5, 5.41) is 3.70. The van der Waals surface area contributed by atoms with Gasteiger partial charge in [0.05, 0.1) is 15.5 Å². The second-order valence-corrected chi connectivity index (χ2v) is 5.29. The molecule has 3 aromatic rings. The Hall–Kier alpha value is -1.59. The molecule has 2 aromatic heterocycles. The van der Waals surface area contributed by atoms with Crippen molar-refractivity contribution in [3.63, 3.8) is 0 Å². The second kappa shape index (κ2) is 4.59. The van der Waals surface area contributed by atoms with Gasteiger partial charge in [-0.1, -0.05) is 17.7 Å². The van der Waals surface area contributed by atoms with Gasteiger partial charge in [-0.25, -0.2) is 9.97 Å². The number of rotatable bonds is 3. The molecule has 0 saturated carbocycles. The van der Waals surface area contributed by atoms with Crippen LogP contribution in [0.15, 0.2) is 29.8 Å². The molecule has 0 unspecified atom stereocenters. The number of halogens is 1. The van der Waals surface area contributed by atoms with E-state index in [-0.39, 0.29) is 0 Å². The van der Waals surface area contributed by atoms with Crippen LogP contribution in [-0.2, 0) is 13.0 Å². The molecule has 4 nitrogen and oxygen atoms in total. The monoisotopic (exact) mass is 278 g/mol. The summed E-state index contributed by atoms with van der Waals surface area (Å²) < 4.78 is 1.97. The van der Waals surface area contributed by atoms with E-state index >= 15 is 0 Å². The minimum atomic E-state index is 0.495. The first-order valence-electron chi connectivity index (χ1n) is 5.54. The van der Waals surface area contributed by atoms with E-state index in [9.17, 15) is 0 Å². The van der Waals surface area contributed by atoms with Crippen LogP contribution >= 0.6 is 22.9 Å². The Morgan fingerprint density at radius 1 is 1.39 bits per heavy atom. The summed E-state index contributed by atoms with van der Waals surface area (Å²) in [6.07, 6.45) is 2.66. The van der Waals surface area contributed by atoms with E-state index in [1.165, 1.54) is 0 Å². The van der Waals surface area contributed by atoms with Gasteiger partial charge >= 0.3 is 0 Å². The first-order valence-corrected chi connectivity index (χ1v) is 6.80. The Balaban J connectivity index is 1.96. The van der Waals surface area contributed by atoms with Gasteiger partial charge in [-0.05, 0) is 12.1 Å². The highest BCUT2D eigenvalue weighted by atomic mass is 35.5. The van der Waals surface area contributed by atoms with Crippen molar-refractivity contribution in [2.75, 3.05) is 5.73 Å². The molecule has 6 heteroatoms. The average molecular weight is 279 g/mol. The smallest absolute Gasteiger partial charge is 0.201 e. The van der Waals surface area contributed by atoms with E-state index < -0.39 is 0 Å². The third kappa shape index (κ3) is 1.95. The summed E-state index contributed by atoms with van der Waals surface area (Å²) in [6, 6.07) is 5.71. The molecular formula is C12H11ClN4S. The molecule has 1 aromatic carbocycles. The molecule has 0 aliphatic heterocycles. The van der Waals surface area contributed by atoms with Gasteiger partial charge in [0.1, 0.15) is 5.52 Å². The molecule has 0 fully saturated rings. The number of fused-ring (bicyclic) bond motifs is 1. The summed E-state index contributed by atoms with van der Waals surface area (Å²) in [7, 11) is 0. The van der Waals surface area contributed by atoms with E-state index in [0.717, 1.165) is 29.0 Å². The van der Waals surface area contributed by atoms with Crippen LogP contribution in [0.1, 0.15) is 5.01 Å². The van der Waals surface area contributed by atoms with Crippen molar-refractivity contribution in [1.82, 2.24) is 14.5 Å². The van der Waals surface area contributed by atoms with Gasteiger partial charge < -0.3 is 10.3 Å². The van der Waals surface area contributed by atoms with E-state index in [4.69, 9.17) is 17.3 Å². The maximum atomic E-state index is 6.10. The molecule has 0 radical (unpaired) electrons. The molecule has 3 rings (SSSR count). The van der Waals surface area contributed by atoms with E-state index in [0.29, 0.717) is 11.0 Å². The summed E-state index contributed by atoms with van der Waals surface area (Å²) in [6.45, 7) is 0.760. The van der Waals surface area contributed by atoms with E-state index in [2.05, 4.69) is 9.97 Å². The van der Waals surface area contributed by atoms with Gasteiger partial charge in [-0.3, -0.25) is 0 Å². The van der Waals surface area contributed by atoms with Crippen LogP contribution in [0.4, 0.5) is 5.95 Å². The number of nitrogen functional groups attached to an aromatic ring is 1. The standard InChI is InChI=1S/C12H11ClN4S/c13-8-2-1-3-9-11(8)16-12(14)17(9)6-4-10-15-5-7-18-10/h1-3,5,7H,4,6H2,(H2,14,16). The Morgan fingerprint density at radius 3 is 3.06 bits per heavy atom. The average Bonchev–Trinajstić information content (AvgIpc) is 2.95. The fourth-order valence-electron chi connectivity index (χ4n) is 1.95. The number of nitrogens with two attached hydrogens (primary N) is 1. The Kier molecular flexibility index (Phi) is 2.93. The Morgan fingerprint density at radius 2 is 2.28 bits per heavy atom. The molecule has 0 atom stereocenters. The SMILES string of the molecule is Nc1nc2c(Cl)cccc2n1CCc1nccs1. The summed E-state index contributed by atoms with van der Waals surface area (Å²) in [5.74, 6) is 0.495. The number of aromatic nitrogens is 3. The summed E-state index contributed by atoms with van der Waals surface area (Å²) in [5.41, 5.74) is 7.67. The zero-order valence-corrected chi connectivity index (χ0v) is 11.1. The molecule has 0 aliphatic carbocycles. The summed E-state index contributed by atoms with van der Waals surface area (Å²) >= 11 is 7.75. The maximum Gasteiger partial charge on any atom is 0.201 e. The number of imidazole rings is 1. The fraction of sp³-hybridized carbons (Fsp3) is 0.167. The lowest BCUT2D eigenvalue weighted by Gasteiger charge is -2.04. The van der Waals surface area contributed by atoms with Gasteiger partial charge in [0.25, 0.3) is 0 Å². The predicted molar refractivity (Wildman–Crippen MR) is 75.0 cm³/mol. The van der Waals surface area contributed by atoms with Crippen molar-refractivity contribution in [3.8, 4) is 0 Å². The van der Waals surface area contributed by atoms with Crippen molar-refractivity contribution < 1.29 is 0 Å². The van der Waals surface area contributed by atoms with Crippen LogP contribution in [0.2, 0.25) is 5.02 Å². The summed E-state index contributed by atoms with van der Waals surface area (Å²) in [4.78, 5) is 8.57. The van der Waals surface area contributed by atoms with Crippen molar-refractivity contribution in [2.45, 2.75) is 13.0 Å². The number of anilines is 1. The van der Waals surface area contributed by atoms with Crippen LogP contribution in [0.25, 0.3) is 11.0 Å². The molecule has 18 heavy (non-hydrogen) atoms. The number of benzene rings is 1. The minimum Gasteiger partial charge on any atom is -0.369 e. The Labute approximate surface area is 113 Å². The normalized spacial score (nSPS) is 11.2. The number of para-hydroxylation sites is 1. The molecular weight excluding hydrogens is 268 g/mol. The topological polar surface area (TPSA) is 56.7 Å². The lowest BCUT2D eigenvalue weighted by molar-refractivity contribution is 0.723. The van der Waals surface area contributed by atoms with Crippen LogP contribution in [0.3, 0.4) is 0 Å². The zero-order chi connectivity index (χ0) is 12.5. The molecule has 0 bridgehead atoms. The van der Waals surface area contributed by atoms with Crippen molar-refractivity contribution in [1.29, 1.82) is 0 Å². The third-order valence-corrected chi connectivity index (χ3v) is 3.94. The third-order valence-electron chi connectivity index (χ3n) is 2.79.